The van der Waals surface area contributed by atoms with Gasteiger partial charge in [0.05, 0.1) is 18.9 Å². The molecule has 0 amide bonds. The Hall–Kier alpha value is -3.11. The Morgan fingerprint density at radius 2 is 1.53 bits per heavy atom. The zero-order chi connectivity index (χ0) is 20.3. The molecule has 4 heteroatoms. The van der Waals surface area contributed by atoms with Crippen LogP contribution in [0.1, 0.15) is 29.7 Å². The average Bonchev–Trinajstić information content (AvgIpc) is 3.13. The maximum Gasteiger partial charge on any atom is 0.119 e. The predicted molar refractivity (Wildman–Crippen MR) is 122 cm³/mol. The van der Waals surface area contributed by atoms with E-state index in [1.165, 1.54) is 22.3 Å². The van der Waals surface area contributed by atoms with Crippen LogP contribution < -0.4 is 4.74 Å². The first kappa shape index (κ1) is 18.9. The molecule has 152 valence electrons. The molecule has 2 aliphatic rings. The topological polar surface area (TPSA) is 28.1 Å². The van der Waals surface area contributed by atoms with Crippen LogP contribution in [0.5, 0.6) is 5.75 Å². The first-order chi connectivity index (χ1) is 14.8. The van der Waals surface area contributed by atoms with Gasteiger partial charge in [-0.05, 0) is 46.9 Å². The second-order valence-electron chi connectivity index (χ2n) is 7.82. The Balaban J connectivity index is 1.28. The molecule has 0 unspecified atom stereocenters. The van der Waals surface area contributed by atoms with Crippen molar-refractivity contribution in [3.05, 3.63) is 89.5 Å². The molecule has 5 rings (SSSR count). The quantitative estimate of drug-likeness (QED) is 0.579. The van der Waals surface area contributed by atoms with Crippen LogP contribution >= 0.6 is 0 Å². The Morgan fingerprint density at radius 1 is 0.867 bits per heavy atom. The Labute approximate surface area is 178 Å². The molecule has 3 aromatic carbocycles. The summed E-state index contributed by atoms with van der Waals surface area (Å²) in [6, 6.07) is 26.1. The Morgan fingerprint density at radius 3 is 2.20 bits per heavy atom. The first-order valence-electron chi connectivity index (χ1n) is 10.8. The fourth-order valence-electron chi connectivity index (χ4n) is 4.61. The fourth-order valence-corrected chi connectivity index (χ4v) is 4.61. The maximum atomic E-state index is 5.58. The summed E-state index contributed by atoms with van der Waals surface area (Å²) >= 11 is 0. The van der Waals surface area contributed by atoms with E-state index in [0.29, 0.717) is 12.6 Å². The summed E-state index contributed by atoms with van der Waals surface area (Å²) in [6.07, 6.45) is 1.94. The first-order valence-corrected chi connectivity index (χ1v) is 10.8. The highest BCUT2D eigenvalue weighted by Crippen LogP contribution is 2.46. The molecular formula is C26H27N3O. The van der Waals surface area contributed by atoms with Gasteiger partial charge < -0.3 is 4.74 Å². The van der Waals surface area contributed by atoms with Crippen molar-refractivity contribution >= 4 is 6.21 Å². The van der Waals surface area contributed by atoms with Crippen LogP contribution in [0.3, 0.4) is 0 Å². The lowest BCUT2D eigenvalue weighted by atomic mass is 10.0. The molecule has 3 aromatic rings. The molecule has 1 heterocycles. The van der Waals surface area contributed by atoms with Crippen molar-refractivity contribution in [2.45, 2.75) is 13.0 Å². The van der Waals surface area contributed by atoms with Crippen molar-refractivity contribution in [2.75, 3.05) is 32.8 Å². The second kappa shape index (κ2) is 8.33. The largest absolute Gasteiger partial charge is 0.494 e. The number of ether oxygens (including phenoxy) is 1. The van der Waals surface area contributed by atoms with Gasteiger partial charge in [0, 0.05) is 26.2 Å². The van der Waals surface area contributed by atoms with Gasteiger partial charge in [-0.1, -0.05) is 60.7 Å². The minimum absolute atomic E-state index is 0.353. The lowest BCUT2D eigenvalue weighted by Crippen LogP contribution is -2.45. The van der Waals surface area contributed by atoms with Gasteiger partial charge in [-0.2, -0.15) is 5.10 Å². The number of rotatable bonds is 5. The smallest absolute Gasteiger partial charge is 0.119 e. The summed E-state index contributed by atoms with van der Waals surface area (Å²) in [4.78, 5) is 2.60. The summed E-state index contributed by atoms with van der Waals surface area (Å²) in [5.41, 5.74) is 6.70. The normalized spacial score (nSPS) is 16.6. The standard InChI is InChI=1S/C26H27N3O/c1-2-30-21-9-7-8-20(18-21)19-27-29-16-14-28(15-17-29)26-24-12-5-3-10-22(24)23-11-4-6-13-25(23)26/h3-13,18-19,26H,2,14-17H2,1H3/b27-19+. The van der Waals surface area contributed by atoms with Crippen LogP contribution in [-0.2, 0) is 0 Å². The second-order valence-corrected chi connectivity index (χ2v) is 7.82. The minimum atomic E-state index is 0.353. The van der Waals surface area contributed by atoms with E-state index >= 15 is 0 Å². The molecule has 1 saturated heterocycles. The number of nitrogens with zero attached hydrogens (tertiary/aromatic N) is 3. The van der Waals surface area contributed by atoms with Crippen LogP contribution in [0.4, 0.5) is 0 Å². The summed E-state index contributed by atoms with van der Waals surface area (Å²) < 4.78 is 5.58. The van der Waals surface area contributed by atoms with E-state index in [0.717, 1.165) is 37.5 Å². The van der Waals surface area contributed by atoms with Gasteiger partial charge in [-0.25, -0.2) is 0 Å². The van der Waals surface area contributed by atoms with Crippen molar-refractivity contribution in [2.24, 2.45) is 5.10 Å². The molecule has 0 bridgehead atoms. The highest BCUT2D eigenvalue weighted by atomic mass is 16.5. The number of benzene rings is 3. The SMILES string of the molecule is CCOc1cccc(/C=N/N2CCN(C3c4ccccc4-c4ccccc43)CC2)c1. The van der Waals surface area contributed by atoms with E-state index in [-0.39, 0.29) is 0 Å². The van der Waals surface area contributed by atoms with Crippen molar-refractivity contribution in [1.82, 2.24) is 9.91 Å². The van der Waals surface area contributed by atoms with E-state index in [2.05, 4.69) is 64.5 Å². The van der Waals surface area contributed by atoms with E-state index in [9.17, 15) is 0 Å². The summed E-state index contributed by atoms with van der Waals surface area (Å²) in [5.74, 6) is 0.893. The van der Waals surface area contributed by atoms with Gasteiger partial charge in [-0.3, -0.25) is 9.91 Å². The van der Waals surface area contributed by atoms with Crippen molar-refractivity contribution in [3.63, 3.8) is 0 Å². The molecule has 1 aliphatic carbocycles. The molecule has 4 nitrogen and oxygen atoms in total. The maximum absolute atomic E-state index is 5.58. The molecule has 0 aromatic heterocycles. The summed E-state index contributed by atoms with van der Waals surface area (Å²) in [6.45, 7) is 6.55. The third kappa shape index (κ3) is 3.59. The lowest BCUT2D eigenvalue weighted by Gasteiger charge is -2.37. The van der Waals surface area contributed by atoms with Gasteiger partial charge in [0.1, 0.15) is 5.75 Å². The Kier molecular flexibility index (Phi) is 5.24. The molecule has 0 radical (unpaired) electrons. The molecule has 0 saturated carbocycles. The van der Waals surface area contributed by atoms with E-state index < -0.39 is 0 Å². The van der Waals surface area contributed by atoms with Crippen LogP contribution in [-0.4, -0.2) is 48.9 Å². The number of hydrazone groups is 1. The number of fused-ring (bicyclic) bond motifs is 3. The van der Waals surface area contributed by atoms with Gasteiger partial charge in [-0.15, -0.1) is 0 Å². The highest BCUT2D eigenvalue weighted by Gasteiger charge is 2.33. The third-order valence-electron chi connectivity index (χ3n) is 6.00. The van der Waals surface area contributed by atoms with Gasteiger partial charge in [0.25, 0.3) is 0 Å². The molecule has 0 atom stereocenters. The predicted octanol–water partition coefficient (Wildman–Crippen LogP) is 4.81. The van der Waals surface area contributed by atoms with Gasteiger partial charge >= 0.3 is 0 Å². The van der Waals surface area contributed by atoms with Crippen LogP contribution in [0.25, 0.3) is 11.1 Å². The molecule has 1 aliphatic heterocycles. The van der Waals surface area contributed by atoms with E-state index in [4.69, 9.17) is 9.84 Å². The molecular weight excluding hydrogens is 370 g/mol. The van der Waals surface area contributed by atoms with Crippen LogP contribution in [0.15, 0.2) is 77.9 Å². The Bertz CT molecular complexity index is 1010. The van der Waals surface area contributed by atoms with Crippen molar-refractivity contribution in [1.29, 1.82) is 0 Å². The summed E-state index contributed by atoms with van der Waals surface area (Å²) in [5, 5.41) is 6.91. The monoisotopic (exact) mass is 397 g/mol. The number of hydrogen-bond acceptors (Lipinski definition) is 4. The fraction of sp³-hybridized carbons (Fsp3) is 0.269. The molecule has 1 fully saturated rings. The zero-order valence-corrected chi connectivity index (χ0v) is 17.4. The minimum Gasteiger partial charge on any atom is -0.494 e. The van der Waals surface area contributed by atoms with Gasteiger partial charge in [0.15, 0.2) is 0 Å². The van der Waals surface area contributed by atoms with Crippen molar-refractivity contribution in [3.8, 4) is 16.9 Å². The summed E-state index contributed by atoms with van der Waals surface area (Å²) in [7, 11) is 0. The molecule has 0 N–H and O–H groups in total. The molecule has 0 spiro atoms. The van der Waals surface area contributed by atoms with Crippen LogP contribution in [0, 0.1) is 0 Å². The molecule has 30 heavy (non-hydrogen) atoms. The third-order valence-corrected chi connectivity index (χ3v) is 6.00. The number of hydrogen-bond donors (Lipinski definition) is 0. The zero-order valence-electron chi connectivity index (χ0n) is 17.4. The van der Waals surface area contributed by atoms with E-state index in [1.54, 1.807) is 0 Å². The lowest BCUT2D eigenvalue weighted by molar-refractivity contribution is 0.114. The van der Waals surface area contributed by atoms with E-state index in [1.807, 2.05) is 31.3 Å². The van der Waals surface area contributed by atoms with Gasteiger partial charge in [0.2, 0.25) is 0 Å². The number of piperazine rings is 1. The van der Waals surface area contributed by atoms with Crippen LogP contribution in [0.2, 0.25) is 0 Å². The average molecular weight is 398 g/mol. The highest BCUT2D eigenvalue weighted by molar-refractivity contribution is 5.80. The van der Waals surface area contributed by atoms with Crippen molar-refractivity contribution < 1.29 is 4.74 Å².